The van der Waals surface area contributed by atoms with Gasteiger partial charge >= 0.3 is 0 Å². The van der Waals surface area contributed by atoms with Gasteiger partial charge in [0.1, 0.15) is 6.04 Å². The highest BCUT2D eigenvalue weighted by atomic mass is 16.6. The van der Waals surface area contributed by atoms with Crippen LogP contribution in [0.15, 0.2) is 79.0 Å². The fraction of sp³-hybridized carbons (Fsp3) is 0.172. The minimum atomic E-state index is -1.03. The van der Waals surface area contributed by atoms with Crippen LogP contribution in [0.2, 0.25) is 0 Å². The number of ketones is 2. The van der Waals surface area contributed by atoms with Crippen molar-refractivity contribution in [2.75, 3.05) is 4.90 Å². The van der Waals surface area contributed by atoms with E-state index < -0.39 is 46.4 Å². The van der Waals surface area contributed by atoms with Crippen molar-refractivity contribution >= 4 is 40.8 Å². The van der Waals surface area contributed by atoms with Crippen LogP contribution in [0.3, 0.4) is 0 Å². The van der Waals surface area contributed by atoms with Crippen molar-refractivity contribution in [2.45, 2.75) is 19.0 Å². The van der Waals surface area contributed by atoms with Gasteiger partial charge in [-0.1, -0.05) is 36.4 Å². The summed E-state index contributed by atoms with van der Waals surface area (Å²) in [5.41, 5.74) is 2.36. The Labute approximate surface area is 217 Å². The first-order chi connectivity index (χ1) is 18.3. The molecule has 2 amide bonds. The second-order valence-corrected chi connectivity index (χ2v) is 9.62. The second-order valence-electron chi connectivity index (χ2n) is 9.62. The summed E-state index contributed by atoms with van der Waals surface area (Å²) in [6, 6.07) is 17.6. The molecule has 3 aliphatic heterocycles. The van der Waals surface area contributed by atoms with Crippen LogP contribution in [0.5, 0.6) is 0 Å². The van der Waals surface area contributed by atoms with Gasteiger partial charge in [0.2, 0.25) is 11.8 Å². The van der Waals surface area contributed by atoms with E-state index in [2.05, 4.69) is 0 Å². The van der Waals surface area contributed by atoms with Gasteiger partial charge in [-0.25, -0.2) is 4.90 Å². The number of nitrogens with zero attached hydrogens (tertiary/aromatic N) is 3. The minimum Gasteiger partial charge on any atom is -0.358 e. The lowest BCUT2D eigenvalue weighted by Crippen LogP contribution is -2.44. The molecule has 4 atom stereocenters. The van der Waals surface area contributed by atoms with Crippen molar-refractivity contribution in [3.63, 3.8) is 0 Å². The summed E-state index contributed by atoms with van der Waals surface area (Å²) in [6.07, 6.45) is 3.58. The van der Waals surface area contributed by atoms with E-state index in [1.165, 1.54) is 31.2 Å². The Morgan fingerprint density at radius 3 is 2.29 bits per heavy atom. The third kappa shape index (κ3) is 3.39. The topological polar surface area (TPSA) is 118 Å². The van der Waals surface area contributed by atoms with Gasteiger partial charge in [-0.3, -0.25) is 29.3 Å². The molecule has 1 unspecified atom stereocenters. The van der Waals surface area contributed by atoms with E-state index in [-0.39, 0.29) is 17.0 Å². The van der Waals surface area contributed by atoms with Crippen LogP contribution < -0.4 is 4.90 Å². The average Bonchev–Trinajstić information content (AvgIpc) is 3.40. The van der Waals surface area contributed by atoms with Crippen LogP contribution >= 0.6 is 0 Å². The molecule has 9 nitrogen and oxygen atoms in total. The molecule has 0 N–H and O–H groups in total. The Morgan fingerprint density at radius 1 is 0.868 bits per heavy atom. The van der Waals surface area contributed by atoms with Gasteiger partial charge in [-0.15, -0.1) is 0 Å². The molecule has 0 spiro atoms. The van der Waals surface area contributed by atoms with Gasteiger partial charge in [-0.2, -0.15) is 0 Å². The quantitative estimate of drug-likeness (QED) is 0.220. The maximum atomic E-state index is 13.9. The number of fused-ring (bicyclic) bond motifs is 5. The van der Waals surface area contributed by atoms with E-state index in [0.717, 1.165) is 16.0 Å². The summed E-state index contributed by atoms with van der Waals surface area (Å²) >= 11 is 0. The highest BCUT2D eigenvalue weighted by Crippen LogP contribution is 2.53. The van der Waals surface area contributed by atoms with Crippen LogP contribution in [0.4, 0.5) is 11.4 Å². The fourth-order valence-corrected chi connectivity index (χ4v) is 5.90. The molecule has 0 aliphatic carbocycles. The molecule has 3 aromatic rings. The molecule has 9 heteroatoms. The van der Waals surface area contributed by atoms with Crippen molar-refractivity contribution in [3.8, 4) is 0 Å². The molecule has 188 valence electrons. The summed E-state index contributed by atoms with van der Waals surface area (Å²) in [6.45, 7) is 1.43. The van der Waals surface area contributed by atoms with Crippen LogP contribution in [0.25, 0.3) is 6.08 Å². The number of non-ortho nitro benzene ring substituents is 1. The molecule has 0 aromatic heterocycles. The molecule has 2 saturated heterocycles. The number of amides is 2. The number of hydrogen-bond donors (Lipinski definition) is 0. The number of Topliss-reactive ketones (excluding diaryl/α,β-unsaturated/α-hetero) is 2. The van der Waals surface area contributed by atoms with Gasteiger partial charge < -0.3 is 4.90 Å². The van der Waals surface area contributed by atoms with Gasteiger partial charge in [-0.05, 0) is 48.4 Å². The van der Waals surface area contributed by atoms with Crippen molar-refractivity contribution < 1.29 is 24.1 Å². The average molecular weight is 508 g/mol. The first kappa shape index (κ1) is 23.5. The molecule has 3 heterocycles. The Morgan fingerprint density at radius 2 is 1.58 bits per heavy atom. The normalized spacial score (nSPS) is 23.2. The summed E-state index contributed by atoms with van der Waals surface area (Å²) in [5.74, 6) is -3.39. The number of rotatable bonds is 5. The van der Waals surface area contributed by atoms with Gasteiger partial charge in [0, 0.05) is 29.5 Å². The lowest BCUT2D eigenvalue weighted by molar-refractivity contribution is -0.384. The maximum absolute atomic E-state index is 13.9. The lowest BCUT2D eigenvalue weighted by Gasteiger charge is -2.35. The minimum absolute atomic E-state index is 0.0976. The number of carbonyl (C=O) groups excluding carboxylic acids is 4. The predicted molar refractivity (Wildman–Crippen MR) is 137 cm³/mol. The molecule has 6 rings (SSSR count). The number of anilines is 1. The standard InChI is InChI=1S/C29H21N3O6/c1-16(33)17-9-11-20(12-10-17)31-28(35)23-24(29(31)36)26(27(34)19-6-4-7-21(15-19)32(37)38)30-14-13-18-5-2-3-8-22(18)25(23)30/h2-15,23-26H,1H3/t23-,24+,25?,26-/m0/s1. The van der Waals surface area contributed by atoms with E-state index in [1.807, 2.05) is 30.3 Å². The monoisotopic (exact) mass is 507 g/mol. The van der Waals surface area contributed by atoms with Gasteiger partial charge in [0.05, 0.1) is 28.5 Å². The van der Waals surface area contributed by atoms with Gasteiger partial charge in [0.25, 0.3) is 5.69 Å². The molecule has 3 aromatic carbocycles. The van der Waals surface area contributed by atoms with Crippen molar-refractivity contribution in [3.05, 3.63) is 111 Å². The van der Waals surface area contributed by atoms with E-state index in [9.17, 15) is 29.3 Å². The zero-order valence-electron chi connectivity index (χ0n) is 20.2. The van der Waals surface area contributed by atoms with Crippen molar-refractivity contribution in [2.24, 2.45) is 11.8 Å². The molecular formula is C29H21N3O6. The zero-order chi connectivity index (χ0) is 26.7. The Bertz CT molecular complexity index is 1580. The molecule has 0 radical (unpaired) electrons. The van der Waals surface area contributed by atoms with Crippen LogP contribution in [-0.2, 0) is 9.59 Å². The fourth-order valence-electron chi connectivity index (χ4n) is 5.90. The lowest BCUT2D eigenvalue weighted by atomic mass is 9.83. The summed E-state index contributed by atoms with van der Waals surface area (Å²) in [5, 5.41) is 11.4. The van der Waals surface area contributed by atoms with E-state index in [0.29, 0.717) is 11.3 Å². The van der Waals surface area contributed by atoms with E-state index in [4.69, 9.17) is 0 Å². The molecule has 0 bridgehead atoms. The third-order valence-corrected chi connectivity index (χ3v) is 7.60. The number of benzene rings is 3. The predicted octanol–water partition coefficient (Wildman–Crippen LogP) is 4.20. The number of nitro groups is 1. The Hall–Kier alpha value is -4.92. The number of imide groups is 1. The second kappa shape index (κ2) is 8.58. The SMILES string of the molecule is CC(=O)c1ccc(N2C(=O)[C@@H]3[C@H](C2=O)C2c4ccccc4C=CN2[C@@H]3C(=O)c2cccc([N+](=O)[O-])c2)cc1. The first-order valence-electron chi connectivity index (χ1n) is 12.1. The van der Waals surface area contributed by atoms with Crippen LogP contribution in [0.1, 0.15) is 44.8 Å². The van der Waals surface area contributed by atoms with Gasteiger partial charge in [0.15, 0.2) is 11.6 Å². The third-order valence-electron chi connectivity index (χ3n) is 7.60. The molecule has 38 heavy (non-hydrogen) atoms. The molecule has 2 fully saturated rings. The molecule has 0 saturated carbocycles. The number of hydrogen-bond acceptors (Lipinski definition) is 7. The Kier molecular flexibility index (Phi) is 5.30. The highest BCUT2D eigenvalue weighted by molar-refractivity contribution is 6.24. The van der Waals surface area contributed by atoms with E-state index >= 15 is 0 Å². The number of nitro benzene ring substituents is 1. The summed E-state index contributed by atoms with van der Waals surface area (Å²) in [4.78, 5) is 67.1. The maximum Gasteiger partial charge on any atom is 0.270 e. The molecular weight excluding hydrogens is 486 g/mol. The largest absolute Gasteiger partial charge is 0.358 e. The van der Waals surface area contributed by atoms with Crippen molar-refractivity contribution in [1.29, 1.82) is 0 Å². The van der Waals surface area contributed by atoms with E-state index in [1.54, 1.807) is 35.4 Å². The summed E-state index contributed by atoms with van der Waals surface area (Å²) in [7, 11) is 0. The highest BCUT2D eigenvalue weighted by Gasteiger charge is 2.64. The first-order valence-corrected chi connectivity index (χ1v) is 12.1. The Balaban J connectivity index is 1.47. The van der Waals surface area contributed by atoms with Crippen molar-refractivity contribution in [1.82, 2.24) is 4.90 Å². The molecule has 3 aliphatic rings. The zero-order valence-corrected chi connectivity index (χ0v) is 20.2. The van der Waals surface area contributed by atoms with Crippen LogP contribution in [0, 0.1) is 22.0 Å². The number of carbonyl (C=O) groups is 4. The summed E-state index contributed by atoms with van der Waals surface area (Å²) < 4.78 is 0. The smallest absolute Gasteiger partial charge is 0.270 e. The van der Waals surface area contributed by atoms with Crippen LogP contribution in [-0.4, -0.2) is 39.2 Å².